The minimum absolute atomic E-state index is 0.0245. The lowest BCUT2D eigenvalue weighted by Crippen LogP contribution is -2.38. The van der Waals surface area contributed by atoms with E-state index in [4.69, 9.17) is 4.98 Å². The molecule has 0 saturated carbocycles. The van der Waals surface area contributed by atoms with Gasteiger partial charge in [-0.2, -0.15) is 0 Å². The summed E-state index contributed by atoms with van der Waals surface area (Å²) in [5.74, 6) is 0.525. The van der Waals surface area contributed by atoms with Gasteiger partial charge in [-0.15, -0.1) is 0 Å². The van der Waals surface area contributed by atoms with Crippen molar-refractivity contribution < 1.29 is 9.59 Å². The topological polar surface area (TPSA) is 67.2 Å². The van der Waals surface area contributed by atoms with Gasteiger partial charge in [-0.05, 0) is 55.7 Å². The Labute approximate surface area is 192 Å². The molecule has 1 aromatic heterocycles. The number of aromatic nitrogens is 2. The molecule has 166 valence electrons. The second kappa shape index (κ2) is 8.90. The standard InChI is InChI=1S/C27H26N4O2/c1-19-12-14-21(15-13-19)27(33)28-17-25-29-22-9-3-5-11-24(22)31(25)18-26(32)30-16-6-8-20-7-2-4-10-23(20)30/h2-5,7,9-15H,6,8,16-18H2,1H3,(H,28,33). The Balaban J connectivity index is 1.40. The molecule has 0 unspecified atom stereocenters. The van der Waals surface area contributed by atoms with Gasteiger partial charge in [0.05, 0.1) is 17.6 Å². The number of benzene rings is 3. The van der Waals surface area contributed by atoms with Crippen LogP contribution in [0.15, 0.2) is 72.8 Å². The fourth-order valence-corrected chi connectivity index (χ4v) is 4.42. The highest BCUT2D eigenvalue weighted by Gasteiger charge is 2.24. The zero-order valence-corrected chi connectivity index (χ0v) is 18.6. The van der Waals surface area contributed by atoms with E-state index in [1.807, 2.05) is 83.1 Å². The number of aryl methyl sites for hydroxylation is 2. The number of para-hydroxylation sites is 3. The minimum Gasteiger partial charge on any atom is -0.345 e. The van der Waals surface area contributed by atoms with Crippen LogP contribution in [-0.4, -0.2) is 27.9 Å². The molecule has 6 heteroatoms. The number of fused-ring (bicyclic) bond motifs is 2. The lowest BCUT2D eigenvalue weighted by atomic mass is 10.0. The quantitative estimate of drug-likeness (QED) is 0.506. The van der Waals surface area contributed by atoms with Crippen molar-refractivity contribution in [2.45, 2.75) is 32.9 Å². The number of carbonyl (C=O) groups is 2. The molecule has 4 aromatic rings. The molecule has 0 bridgehead atoms. The summed E-state index contributed by atoms with van der Waals surface area (Å²) in [4.78, 5) is 32.6. The first-order chi connectivity index (χ1) is 16.1. The van der Waals surface area contributed by atoms with E-state index in [9.17, 15) is 9.59 Å². The van der Waals surface area contributed by atoms with E-state index in [2.05, 4.69) is 11.4 Å². The number of nitrogens with one attached hydrogen (secondary N) is 1. The van der Waals surface area contributed by atoms with Gasteiger partial charge >= 0.3 is 0 Å². The van der Waals surface area contributed by atoms with Crippen molar-refractivity contribution in [2.75, 3.05) is 11.4 Å². The third kappa shape index (κ3) is 4.24. The van der Waals surface area contributed by atoms with Crippen molar-refractivity contribution in [3.63, 3.8) is 0 Å². The van der Waals surface area contributed by atoms with Crippen LogP contribution in [0.25, 0.3) is 11.0 Å². The van der Waals surface area contributed by atoms with Gasteiger partial charge in [0.2, 0.25) is 5.91 Å². The number of carbonyl (C=O) groups excluding carboxylic acids is 2. The van der Waals surface area contributed by atoms with Crippen LogP contribution in [0, 0.1) is 6.92 Å². The lowest BCUT2D eigenvalue weighted by molar-refractivity contribution is -0.119. The molecule has 2 amide bonds. The summed E-state index contributed by atoms with van der Waals surface area (Å²) in [7, 11) is 0. The number of nitrogens with zero attached hydrogens (tertiary/aromatic N) is 3. The van der Waals surface area contributed by atoms with E-state index in [1.54, 1.807) is 0 Å². The monoisotopic (exact) mass is 438 g/mol. The number of rotatable bonds is 5. The molecule has 0 spiro atoms. The molecular formula is C27H26N4O2. The van der Waals surface area contributed by atoms with Crippen LogP contribution in [-0.2, 0) is 24.3 Å². The maximum absolute atomic E-state index is 13.4. The van der Waals surface area contributed by atoms with Crippen LogP contribution < -0.4 is 10.2 Å². The van der Waals surface area contributed by atoms with Crippen LogP contribution in [0.1, 0.15) is 33.7 Å². The van der Waals surface area contributed by atoms with Crippen LogP contribution in [0.5, 0.6) is 0 Å². The molecule has 3 aromatic carbocycles. The SMILES string of the molecule is Cc1ccc(C(=O)NCc2nc3ccccc3n2CC(=O)N2CCCc3ccccc32)cc1. The molecule has 0 atom stereocenters. The fourth-order valence-electron chi connectivity index (χ4n) is 4.42. The zero-order valence-electron chi connectivity index (χ0n) is 18.6. The smallest absolute Gasteiger partial charge is 0.251 e. The first-order valence-electron chi connectivity index (χ1n) is 11.3. The van der Waals surface area contributed by atoms with E-state index in [0.29, 0.717) is 17.9 Å². The third-order valence-electron chi connectivity index (χ3n) is 6.16. The predicted octanol–water partition coefficient (Wildman–Crippen LogP) is 4.25. The molecule has 1 aliphatic heterocycles. The summed E-state index contributed by atoms with van der Waals surface area (Å²) in [5.41, 5.74) is 5.60. The largest absolute Gasteiger partial charge is 0.345 e. The van der Waals surface area contributed by atoms with Crippen LogP contribution in [0.2, 0.25) is 0 Å². The molecule has 1 N–H and O–H groups in total. The van der Waals surface area contributed by atoms with Gasteiger partial charge < -0.3 is 14.8 Å². The molecule has 0 saturated heterocycles. The molecule has 0 fully saturated rings. The highest BCUT2D eigenvalue weighted by atomic mass is 16.2. The van der Waals surface area contributed by atoms with Gasteiger partial charge in [0, 0.05) is 17.8 Å². The van der Waals surface area contributed by atoms with Crippen LogP contribution in [0.4, 0.5) is 5.69 Å². The van der Waals surface area contributed by atoms with Crippen molar-refractivity contribution in [1.82, 2.24) is 14.9 Å². The van der Waals surface area contributed by atoms with E-state index in [-0.39, 0.29) is 24.9 Å². The van der Waals surface area contributed by atoms with Crippen molar-refractivity contribution in [1.29, 1.82) is 0 Å². The van der Waals surface area contributed by atoms with Crippen molar-refractivity contribution in [3.05, 3.63) is 95.3 Å². The highest BCUT2D eigenvalue weighted by Crippen LogP contribution is 2.27. The average Bonchev–Trinajstić information content (AvgIpc) is 3.19. The number of imidazole rings is 1. The molecule has 0 aliphatic carbocycles. The second-order valence-corrected chi connectivity index (χ2v) is 8.43. The molecule has 1 aliphatic rings. The van der Waals surface area contributed by atoms with Gasteiger partial charge in [0.15, 0.2) is 0 Å². The number of anilines is 1. The summed E-state index contributed by atoms with van der Waals surface area (Å²) in [5, 5.41) is 2.96. The average molecular weight is 439 g/mol. The van der Waals surface area contributed by atoms with Gasteiger partial charge in [-0.3, -0.25) is 9.59 Å². The summed E-state index contributed by atoms with van der Waals surface area (Å²) >= 11 is 0. The van der Waals surface area contributed by atoms with Gasteiger partial charge in [0.1, 0.15) is 12.4 Å². The van der Waals surface area contributed by atoms with E-state index in [0.717, 1.165) is 35.1 Å². The Hall–Kier alpha value is -3.93. The Morgan fingerprint density at radius 2 is 1.73 bits per heavy atom. The van der Waals surface area contributed by atoms with Gasteiger partial charge in [-0.1, -0.05) is 48.0 Å². The molecule has 2 heterocycles. The van der Waals surface area contributed by atoms with Crippen molar-refractivity contribution in [3.8, 4) is 0 Å². The van der Waals surface area contributed by atoms with Crippen molar-refractivity contribution in [2.24, 2.45) is 0 Å². The first-order valence-corrected chi connectivity index (χ1v) is 11.3. The van der Waals surface area contributed by atoms with Crippen LogP contribution >= 0.6 is 0 Å². The normalized spacial score (nSPS) is 13.1. The maximum atomic E-state index is 13.4. The summed E-state index contributed by atoms with van der Waals surface area (Å²) < 4.78 is 1.92. The minimum atomic E-state index is -0.162. The van der Waals surface area contributed by atoms with Gasteiger partial charge in [-0.25, -0.2) is 4.98 Å². The Morgan fingerprint density at radius 1 is 0.970 bits per heavy atom. The van der Waals surface area contributed by atoms with E-state index in [1.165, 1.54) is 5.56 Å². The molecular weight excluding hydrogens is 412 g/mol. The summed E-state index contributed by atoms with van der Waals surface area (Å²) in [6, 6.07) is 23.3. The Kier molecular flexibility index (Phi) is 5.65. The summed E-state index contributed by atoms with van der Waals surface area (Å²) in [6.45, 7) is 3.11. The highest BCUT2D eigenvalue weighted by molar-refractivity contribution is 5.96. The first kappa shape index (κ1) is 20.9. The van der Waals surface area contributed by atoms with Gasteiger partial charge in [0.25, 0.3) is 5.91 Å². The zero-order chi connectivity index (χ0) is 22.8. The van der Waals surface area contributed by atoms with E-state index >= 15 is 0 Å². The Bertz CT molecular complexity index is 1320. The van der Waals surface area contributed by atoms with Crippen molar-refractivity contribution >= 4 is 28.5 Å². The number of hydrogen-bond donors (Lipinski definition) is 1. The number of amides is 2. The Morgan fingerprint density at radius 3 is 2.58 bits per heavy atom. The third-order valence-corrected chi connectivity index (χ3v) is 6.16. The summed E-state index contributed by atoms with van der Waals surface area (Å²) in [6.07, 6.45) is 1.94. The second-order valence-electron chi connectivity index (χ2n) is 8.43. The number of hydrogen-bond acceptors (Lipinski definition) is 3. The predicted molar refractivity (Wildman–Crippen MR) is 129 cm³/mol. The maximum Gasteiger partial charge on any atom is 0.251 e. The molecule has 5 rings (SSSR count). The van der Waals surface area contributed by atoms with E-state index < -0.39 is 0 Å². The van der Waals surface area contributed by atoms with Crippen LogP contribution in [0.3, 0.4) is 0 Å². The molecule has 33 heavy (non-hydrogen) atoms. The molecule has 0 radical (unpaired) electrons. The fraction of sp³-hybridized carbons (Fsp3) is 0.222. The lowest BCUT2D eigenvalue weighted by Gasteiger charge is -2.29. The molecule has 6 nitrogen and oxygen atoms in total.